The second-order valence-electron chi connectivity index (χ2n) is 5.02. The molecule has 6 heteroatoms. The summed E-state index contributed by atoms with van der Waals surface area (Å²) in [6.45, 7) is 0.194. The fourth-order valence-electron chi connectivity index (χ4n) is 2.40. The van der Waals surface area contributed by atoms with Gasteiger partial charge in [0.05, 0.1) is 11.9 Å². The normalized spacial score (nSPS) is 13.1. The Labute approximate surface area is 140 Å². The first kappa shape index (κ1) is 14.0. The van der Waals surface area contributed by atoms with Gasteiger partial charge in [-0.1, -0.05) is 0 Å². The number of pyridine rings is 1. The molecule has 23 heavy (non-hydrogen) atoms. The number of aromatic nitrogens is 2. The van der Waals surface area contributed by atoms with Gasteiger partial charge in [-0.05, 0) is 58.4 Å². The molecule has 0 fully saturated rings. The lowest BCUT2D eigenvalue weighted by Gasteiger charge is -2.00. The molecule has 0 bridgehead atoms. The van der Waals surface area contributed by atoms with Crippen LogP contribution in [0.15, 0.2) is 53.3 Å². The molecule has 1 aromatic carbocycles. The molecule has 0 saturated carbocycles. The lowest BCUT2D eigenvalue weighted by atomic mass is 10.1. The molecule has 5 nitrogen and oxygen atoms in total. The maximum Gasteiger partial charge on any atom is 0.231 e. The van der Waals surface area contributed by atoms with E-state index in [0.717, 1.165) is 15.8 Å². The molecule has 114 valence electrons. The first-order valence-electron chi connectivity index (χ1n) is 6.95. The van der Waals surface area contributed by atoms with E-state index in [-0.39, 0.29) is 12.6 Å². The quantitative estimate of drug-likeness (QED) is 0.520. The number of carbonyl (C=O) groups is 1. The molecule has 1 aliphatic rings. The zero-order valence-corrected chi connectivity index (χ0v) is 13.5. The van der Waals surface area contributed by atoms with Crippen LogP contribution in [0, 0.1) is 0 Å². The maximum absolute atomic E-state index is 12.3. The number of rotatable bonds is 3. The van der Waals surface area contributed by atoms with E-state index in [1.54, 1.807) is 30.5 Å². The molecular weight excluding hydrogens is 360 g/mol. The van der Waals surface area contributed by atoms with Crippen LogP contribution in [0.2, 0.25) is 0 Å². The Morgan fingerprint density at radius 1 is 1.22 bits per heavy atom. The minimum Gasteiger partial charge on any atom is -0.454 e. The average molecular weight is 371 g/mol. The highest BCUT2D eigenvalue weighted by Gasteiger charge is 2.15. The largest absolute Gasteiger partial charge is 0.454 e. The highest BCUT2D eigenvalue weighted by atomic mass is 79.9. The van der Waals surface area contributed by atoms with Crippen molar-refractivity contribution < 1.29 is 14.3 Å². The zero-order chi connectivity index (χ0) is 15.8. The van der Waals surface area contributed by atoms with Crippen LogP contribution in [-0.4, -0.2) is 22.0 Å². The van der Waals surface area contributed by atoms with Crippen LogP contribution in [0.1, 0.15) is 16.1 Å². The number of ether oxygens (including phenoxy) is 2. The molecule has 0 atom stereocenters. The molecule has 2 aromatic heterocycles. The molecule has 3 heterocycles. The van der Waals surface area contributed by atoms with E-state index in [1.165, 1.54) is 6.08 Å². The molecule has 0 saturated heterocycles. The molecule has 0 spiro atoms. The van der Waals surface area contributed by atoms with Crippen molar-refractivity contribution in [3.63, 3.8) is 0 Å². The van der Waals surface area contributed by atoms with E-state index < -0.39 is 0 Å². The van der Waals surface area contributed by atoms with Gasteiger partial charge >= 0.3 is 0 Å². The summed E-state index contributed by atoms with van der Waals surface area (Å²) in [5.74, 6) is 1.16. The topological polar surface area (TPSA) is 52.8 Å². The monoisotopic (exact) mass is 370 g/mol. The summed E-state index contributed by atoms with van der Waals surface area (Å²) >= 11 is 3.43. The van der Waals surface area contributed by atoms with Crippen LogP contribution in [-0.2, 0) is 0 Å². The van der Waals surface area contributed by atoms with Crippen molar-refractivity contribution in [1.82, 2.24) is 9.38 Å². The summed E-state index contributed by atoms with van der Waals surface area (Å²) in [4.78, 5) is 16.6. The molecule has 0 N–H and O–H groups in total. The number of ketones is 1. The number of benzene rings is 1. The third-order valence-electron chi connectivity index (χ3n) is 3.56. The van der Waals surface area contributed by atoms with Gasteiger partial charge in [-0.2, -0.15) is 0 Å². The summed E-state index contributed by atoms with van der Waals surface area (Å²) in [6, 6.07) is 8.99. The average Bonchev–Trinajstić information content (AvgIpc) is 3.18. The van der Waals surface area contributed by atoms with Crippen LogP contribution in [0.5, 0.6) is 11.5 Å². The van der Waals surface area contributed by atoms with E-state index in [1.807, 2.05) is 22.7 Å². The second kappa shape index (κ2) is 5.55. The van der Waals surface area contributed by atoms with Gasteiger partial charge in [0.1, 0.15) is 5.65 Å². The van der Waals surface area contributed by atoms with Gasteiger partial charge in [0.25, 0.3) is 0 Å². The lowest BCUT2D eigenvalue weighted by molar-refractivity contribution is 0.104. The zero-order valence-electron chi connectivity index (χ0n) is 11.9. The van der Waals surface area contributed by atoms with Crippen LogP contribution in [0.25, 0.3) is 11.7 Å². The highest BCUT2D eigenvalue weighted by molar-refractivity contribution is 9.10. The number of hydrogen-bond acceptors (Lipinski definition) is 4. The third-order valence-corrected chi connectivity index (χ3v) is 4.03. The van der Waals surface area contributed by atoms with Crippen molar-refractivity contribution in [2.75, 3.05) is 6.79 Å². The predicted molar refractivity (Wildman–Crippen MR) is 88.8 cm³/mol. The third kappa shape index (κ3) is 2.61. The molecular formula is C17H11BrN2O3. The van der Waals surface area contributed by atoms with Gasteiger partial charge in [-0.3, -0.25) is 9.20 Å². The van der Waals surface area contributed by atoms with Crippen LogP contribution in [0.4, 0.5) is 0 Å². The van der Waals surface area contributed by atoms with E-state index in [0.29, 0.717) is 17.1 Å². The van der Waals surface area contributed by atoms with E-state index in [2.05, 4.69) is 20.9 Å². The molecule has 0 amide bonds. The van der Waals surface area contributed by atoms with E-state index >= 15 is 0 Å². The van der Waals surface area contributed by atoms with Crippen molar-refractivity contribution in [2.24, 2.45) is 0 Å². The van der Waals surface area contributed by atoms with Crippen molar-refractivity contribution >= 4 is 33.4 Å². The van der Waals surface area contributed by atoms with Crippen molar-refractivity contribution in [3.8, 4) is 11.5 Å². The van der Waals surface area contributed by atoms with E-state index in [9.17, 15) is 4.79 Å². The summed E-state index contributed by atoms with van der Waals surface area (Å²) in [6.07, 6.45) is 6.92. The molecule has 0 radical (unpaired) electrons. The predicted octanol–water partition coefficient (Wildman–Crippen LogP) is 3.72. The van der Waals surface area contributed by atoms with Crippen molar-refractivity contribution in [3.05, 3.63) is 64.5 Å². The standard InChI is InChI=1S/C17H11BrN2O3/c18-12-2-6-17-19-8-13(20(17)9-12)3-4-14(21)11-1-5-15-16(7-11)23-10-22-15/h1-9H,10H2/b4-3+. The fourth-order valence-corrected chi connectivity index (χ4v) is 2.74. The fraction of sp³-hybridized carbons (Fsp3) is 0.0588. The molecule has 1 aliphatic heterocycles. The first-order chi connectivity index (χ1) is 11.2. The Kier molecular flexibility index (Phi) is 3.38. The van der Waals surface area contributed by atoms with Gasteiger partial charge in [0.2, 0.25) is 6.79 Å². The molecule has 0 unspecified atom stereocenters. The maximum atomic E-state index is 12.3. The Morgan fingerprint density at radius 2 is 2.09 bits per heavy atom. The van der Waals surface area contributed by atoms with Crippen molar-refractivity contribution in [1.29, 1.82) is 0 Å². The number of imidazole rings is 1. The Morgan fingerprint density at radius 3 is 3.00 bits per heavy atom. The minimum atomic E-state index is -0.103. The van der Waals surface area contributed by atoms with Crippen LogP contribution < -0.4 is 9.47 Å². The number of halogens is 1. The summed E-state index contributed by atoms with van der Waals surface area (Å²) in [7, 11) is 0. The minimum absolute atomic E-state index is 0.103. The SMILES string of the molecule is O=C(/C=C/c1cnc2ccc(Br)cn12)c1ccc2c(c1)OCO2. The highest BCUT2D eigenvalue weighted by Crippen LogP contribution is 2.32. The van der Waals surface area contributed by atoms with Gasteiger partial charge in [-0.15, -0.1) is 0 Å². The van der Waals surface area contributed by atoms with Crippen LogP contribution in [0.3, 0.4) is 0 Å². The Balaban J connectivity index is 1.62. The molecule has 4 rings (SSSR count). The van der Waals surface area contributed by atoms with Gasteiger partial charge in [-0.25, -0.2) is 4.98 Å². The van der Waals surface area contributed by atoms with E-state index in [4.69, 9.17) is 9.47 Å². The summed E-state index contributed by atoms with van der Waals surface area (Å²) < 4.78 is 13.4. The Bertz CT molecular complexity index is 946. The Hall–Kier alpha value is -2.60. The number of hydrogen-bond donors (Lipinski definition) is 0. The molecule has 3 aromatic rings. The van der Waals surface area contributed by atoms with Crippen molar-refractivity contribution in [2.45, 2.75) is 0 Å². The van der Waals surface area contributed by atoms with Gasteiger partial charge in [0, 0.05) is 16.2 Å². The summed E-state index contributed by atoms with van der Waals surface area (Å²) in [5, 5.41) is 0. The first-order valence-corrected chi connectivity index (χ1v) is 7.75. The number of carbonyl (C=O) groups excluding carboxylic acids is 1. The van der Waals surface area contributed by atoms with Crippen LogP contribution >= 0.6 is 15.9 Å². The number of allylic oxidation sites excluding steroid dienone is 1. The smallest absolute Gasteiger partial charge is 0.231 e. The molecule has 0 aliphatic carbocycles. The van der Waals surface area contributed by atoms with Gasteiger partial charge < -0.3 is 9.47 Å². The number of nitrogens with zero attached hydrogens (tertiary/aromatic N) is 2. The van der Waals surface area contributed by atoms with Gasteiger partial charge in [0.15, 0.2) is 17.3 Å². The lowest BCUT2D eigenvalue weighted by Crippen LogP contribution is -1.95. The number of fused-ring (bicyclic) bond motifs is 2. The summed E-state index contributed by atoms with van der Waals surface area (Å²) in [5.41, 5.74) is 2.21. The second-order valence-corrected chi connectivity index (χ2v) is 5.94.